The molecule has 0 amide bonds. The standard InChI is InChI=1S/C13H15BrN2O2/c14-13-4-2-1-3-11(13)9-16(7-8-17)10-12-5-6-15-18-12/h1-6,17H,7-10H2. The fourth-order valence-electron chi connectivity index (χ4n) is 1.77. The van der Waals surface area contributed by atoms with Crippen molar-refractivity contribution in [2.24, 2.45) is 0 Å². The van der Waals surface area contributed by atoms with Gasteiger partial charge in [-0.05, 0) is 11.6 Å². The normalized spacial score (nSPS) is 11.1. The van der Waals surface area contributed by atoms with Crippen LogP contribution in [0.15, 0.2) is 45.5 Å². The fraction of sp³-hybridized carbons (Fsp3) is 0.308. The predicted octanol–water partition coefficient (Wildman–Crippen LogP) is 2.43. The predicted molar refractivity (Wildman–Crippen MR) is 71.8 cm³/mol. The van der Waals surface area contributed by atoms with Crippen LogP contribution < -0.4 is 0 Å². The molecule has 0 atom stereocenters. The zero-order valence-corrected chi connectivity index (χ0v) is 11.5. The van der Waals surface area contributed by atoms with Gasteiger partial charge in [-0.1, -0.05) is 39.3 Å². The zero-order chi connectivity index (χ0) is 12.8. The minimum absolute atomic E-state index is 0.124. The second-order valence-electron chi connectivity index (χ2n) is 4.00. The molecule has 0 aliphatic carbocycles. The number of rotatable bonds is 6. The van der Waals surface area contributed by atoms with Gasteiger partial charge in [0.2, 0.25) is 0 Å². The number of hydrogen-bond donors (Lipinski definition) is 1. The number of aliphatic hydroxyl groups is 1. The molecule has 2 aromatic rings. The molecule has 1 N–H and O–H groups in total. The maximum absolute atomic E-state index is 9.11. The first-order valence-electron chi connectivity index (χ1n) is 5.76. The van der Waals surface area contributed by atoms with Crippen LogP contribution in [0.5, 0.6) is 0 Å². The van der Waals surface area contributed by atoms with Crippen molar-refractivity contribution in [2.45, 2.75) is 13.1 Å². The van der Waals surface area contributed by atoms with Crippen molar-refractivity contribution in [2.75, 3.05) is 13.2 Å². The van der Waals surface area contributed by atoms with E-state index in [-0.39, 0.29) is 6.61 Å². The minimum atomic E-state index is 0.124. The summed E-state index contributed by atoms with van der Waals surface area (Å²) in [7, 11) is 0. The molecule has 0 radical (unpaired) electrons. The van der Waals surface area contributed by atoms with Gasteiger partial charge in [0.25, 0.3) is 0 Å². The van der Waals surface area contributed by atoms with Crippen LogP contribution in [-0.2, 0) is 13.1 Å². The van der Waals surface area contributed by atoms with Crippen molar-refractivity contribution >= 4 is 15.9 Å². The molecule has 1 aromatic carbocycles. The van der Waals surface area contributed by atoms with Gasteiger partial charge < -0.3 is 9.63 Å². The van der Waals surface area contributed by atoms with E-state index in [1.54, 1.807) is 6.20 Å². The van der Waals surface area contributed by atoms with Gasteiger partial charge in [-0.15, -0.1) is 0 Å². The summed E-state index contributed by atoms with van der Waals surface area (Å²) in [6, 6.07) is 9.91. The van der Waals surface area contributed by atoms with Gasteiger partial charge >= 0.3 is 0 Å². The highest BCUT2D eigenvalue weighted by molar-refractivity contribution is 9.10. The Bertz CT molecular complexity index is 474. The molecule has 18 heavy (non-hydrogen) atoms. The van der Waals surface area contributed by atoms with E-state index < -0.39 is 0 Å². The lowest BCUT2D eigenvalue weighted by molar-refractivity contribution is 0.170. The first-order chi connectivity index (χ1) is 8.79. The fourth-order valence-corrected chi connectivity index (χ4v) is 2.18. The summed E-state index contributed by atoms with van der Waals surface area (Å²) < 4.78 is 6.17. The monoisotopic (exact) mass is 310 g/mol. The van der Waals surface area contributed by atoms with E-state index in [9.17, 15) is 0 Å². The smallest absolute Gasteiger partial charge is 0.150 e. The lowest BCUT2D eigenvalue weighted by Crippen LogP contribution is -2.26. The number of nitrogens with zero attached hydrogens (tertiary/aromatic N) is 2. The molecule has 0 bridgehead atoms. The Balaban J connectivity index is 2.04. The van der Waals surface area contributed by atoms with E-state index in [1.165, 1.54) is 5.56 Å². The third-order valence-corrected chi connectivity index (χ3v) is 3.41. The van der Waals surface area contributed by atoms with Crippen molar-refractivity contribution < 1.29 is 9.63 Å². The van der Waals surface area contributed by atoms with Crippen LogP contribution in [0.2, 0.25) is 0 Å². The Kier molecular flexibility index (Phi) is 4.92. The number of aromatic nitrogens is 1. The average Bonchev–Trinajstić information content (AvgIpc) is 2.85. The van der Waals surface area contributed by atoms with Crippen LogP contribution in [0, 0.1) is 0 Å². The Hall–Kier alpha value is -1.17. The summed E-state index contributed by atoms with van der Waals surface area (Å²) in [4.78, 5) is 2.11. The van der Waals surface area contributed by atoms with E-state index in [0.29, 0.717) is 13.1 Å². The van der Waals surface area contributed by atoms with E-state index in [0.717, 1.165) is 16.8 Å². The van der Waals surface area contributed by atoms with E-state index in [1.807, 2.05) is 24.3 Å². The average molecular weight is 311 g/mol. The summed E-state index contributed by atoms with van der Waals surface area (Å²) in [6.07, 6.45) is 1.63. The van der Waals surface area contributed by atoms with E-state index in [2.05, 4.69) is 32.1 Å². The first kappa shape index (κ1) is 13.3. The molecule has 0 saturated heterocycles. The summed E-state index contributed by atoms with van der Waals surface area (Å²) in [5, 5.41) is 12.8. The Morgan fingerprint density at radius 1 is 1.22 bits per heavy atom. The molecule has 0 fully saturated rings. The lowest BCUT2D eigenvalue weighted by Gasteiger charge is -2.20. The topological polar surface area (TPSA) is 49.5 Å². The highest BCUT2D eigenvalue weighted by Gasteiger charge is 2.10. The molecule has 2 rings (SSSR count). The number of halogens is 1. The molecular formula is C13H15BrN2O2. The van der Waals surface area contributed by atoms with Gasteiger partial charge in [-0.25, -0.2) is 0 Å². The van der Waals surface area contributed by atoms with Crippen LogP contribution in [0.3, 0.4) is 0 Å². The molecule has 4 nitrogen and oxygen atoms in total. The highest BCUT2D eigenvalue weighted by Crippen LogP contribution is 2.18. The Morgan fingerprint density at radius 3 is 2.72 bits per heavy atom. The molecule has 0 aliphatic heterocycles. The Labute approximate surface area is 114 Å². The van der Waals surface area contributed by atoms with Crippen LogP contribution in [0.25, 0.3) is 0 Å². The second-order valence-corrected chi connectivity index (χ2v) is 4.86. The SMILES string of the molecule is OCCN(Cc1ccno1)Cc1ccccc1Br. The highest BCUT2D eigenvalue weighted by atomic mass is 79.9. The van der Waals surface area contributed by atoms with Crippen molar-refractivity contribution in [1.82, 2.24) is 10.1 Å². The molecule has 1 aromatic heterocycles. The molecular weight excluding hydrogens is 296 g/mol. The largest absolute Gasteiger partial charge is 0.395 e. The quantitative estimate of drug-likeness (QED) is 0.890. The third kappa shape index (κ3) is 3.66. The second kappa shape index (κ2) is 6.68. The molecule has 0 aliphatic rings. The maximum Gasteiger partial charge on any atom is 0.150 e. The molecule has 1 heterocycles. The van der Waals surface area contributed by atoms with Gasteiger partial charge in [0.05, 0.1) is 19.3 Å². The van der Waals surface area contributed by atoms with E-state index >= 15 is 0 Å². The summed E-state index contributed by atoms with van der Waals surface area (Å²) in [6.45, 7) is 2.12. The van der Waals surface area contributed by atoms with Crippen LogP contribution in [0.4, 0.5) is 0 Å². The molecule has 96 valence electrons. The van der Waals surface area contributed by atoms with Crippen LogP contribution in [0.1, 0.15) is 11.3 Å². The molecule has 5 heteroatoms. The van der Waals surface area contributed by atoms with Gasteiger partial charge in [0.15, 0.2) is 5.76 Å². The van der Waals surface area contributed by atoms with Gasteiger partial charge in [-0.2, -0.15) is 0 Å². The van der Waals surface area contributed by atoms with Crippen molar-refractivity contribution in [3.05, 3.63) is 52.3 Å². The zero-order valence-electron chi connectivity index (χ0n) is 9.92. The first-order valence-corrected chi connectivity index (χ1v) is 6.55. The van der Waals surface area contributed by atoms with Crippen molar-refractivity contribution in [3.8, 4) is 0 Å². The summed E-state index contributed by atoms with van der Waals surface area (Å²) in [5.41, 5.74) is 1.19. The molecule has 0 spiro atoms. The number of hydrogen-bond acceptors (Lipinski definition) is 4. The van der Waals surface area contributed by atoms with Gasteiger partial charge in [0.1, 0.15) is 0 Å². The number of aliphatic hydroxyl groups excluding tert-OH is 1. The van der Waals surface area contributed by atoms with Crippen molar-refractivity contribution in [1.29, 1.82) is 0 Å². The molecule has 0 unspecified atom stereocenters. The van der Waals surface area contributed by atoms with Crippen LogP contribution in [-0.4, -0.2) is 28.3 Å². The van der Waals surface area contributed by atoms with Gasteiger partial charge in [-0.3, -0.25) is 4.90 Å². The number of benzene rings is 1. The van der Waals surface area contributed by atoms with Crippen molar-refractivity contribution in [3.63, 3.8) is 0 Å². The maximum atomic E-state index is 9.11. The lowest BCUT2D eigenvalue weighted by atomic mass is 10.2. The Morgan fingerprint density at radius 2 is 2.06 bits per heavy atom. The van der Waals surface area contributed by atoms with Crippen LogP contribution >= 0.6 is 15.9 Å². The molecule has 0 saturated carbocycles. The van der Waals surface area contributed by atoms with E-state index in [4.69, 9.17) is 9.63 Å². The third-order valence-electron chi connectivity index (χ3n) is 2.64. The summed E-state index contributed by atoms with van der Waals surface area (Å²) >= 11 is 3.53. The summed E-state index contributed by atoms with van der Waals surface area (Å²) in [5.74, 6) is 0.801. The van der Waals surface area contributed by atoms with Gasteiger partial charge in [0, 0.05) is 23.6 Å². The minimum Gasteiger partial charge on any atom is -0.395 e.